The predicted octanol–water partition coefficient (Wildman–Crippen LogP) is 6.51. The van der Waals surface area contributed by atoms with Crippen LogP contribution >= 0.6 is 11.3 Å². The van der Waals surface area contributed by atoms with Crippen molar-refractivity contribution in [3.05, 3.63) is 84.0 Å². The zero-order chi connectivity index (χ0) is 32.3. The van der Waals surface area contributed by atoms with Crippen molar-refractivity contribution in [3.8, 4) is 39.5 Å². The normalized spacial score (nSPS) is 15.3. The first-order valence-corrected chi connectivity index (χ1v) is 15.7. The molecule has 2 atom stereocenters. The molecule has 0 aliphatic carbocycles. The molecule has 0 bridgehead atoms. The molecule has 0 saturated carbocycles. The predicted molar refractivity (Wildman–Crippen MR) is 173 cm³/mol. The third-order valence-electron chi connectivity index (χ3n) is 8.21. The summed E-state index contributed by atoms with van der Waals surface area (Å²) in [6.45, 7) is 7.83. The molecule has 1 amide bonds. The smallest absolute Gasteiger partial charge is 0.246 e. The van der Waals surface area contributed by atoms with Crippen molar-refractivity contribution in [1.82, 2.24) is 29.4 Å². The van der Waals surface area contributed by atoms with Crippen molar-refractivity contribution in [2.75, 3.05) is 13.2 Å². The van der Waals surface area contributed by atoms with Crippen LogP contribution in [0, 0.1) is 11.6 Å². The lowest BCUT2D eigenvalue weighted by Crippen LogP contribution is -2.40. The fraction of sp³-hybridized carbons (Fsp3) is 0.235. The van der Waals surface area contributed by atoms with Gasteiger partial charge in [0.15, 0.2) is 0 Å². The van der Waals surface area contributed by atoms with Gasteiger partial charge in [-0.2, -0.15) is 10.2 Å². The number of amides is 1. The Hall–Kier alpha value is -4.94. The number of carbonyl (C=O) groups is 1. The first-order valence-electron chi connectivity index (χ1n) is 14.8. The summed E-state index contributed by atoms with van der Waals surface area (Å²) in [5, 5.41) is 23.0. The van der Waals surface area contributed by atoms with Crippen molar-refractivity contribution in [2.24, 2.45) is 7.05 Å². The number of halogens is 2. The zero-order valence-corrected chi connectivity index (χ0v) is 26.2. The summed E-state index contributed by atoms with van der Waals surface area (Å²) in [5.41, 5.74) is 4.39. The minimum absolute atomic E-state index is 0.0220. The molecule has 1 aliphatic heterocycles. The Kier molecular flexibility index (Phi) is 7.41. The van der Waals surface area contributed by atoms with Crippen molar-refractivity contribution < 1.29 is 23.4 Å². The molecular formula is C34H30F2N6O3S. The topological polar surface area (TPSA) is 98.3 Å². The average Bonchev–Trinajstić information content (AvgIpc) is 3.77. The van der Waals surface area contributed by atoms with Gasteiger partial charge in [-0.1, -0.05) is 12.6 Å². The lowest BCUT2D eigenvalue weighted by Gasteiger charge is -2.33. The number of carbonyl (C=O) groups excluding carboxylic acids is 1. The molecule has 0 radical (unpaired) electrons. The van der Waals surface area contributed by atoms with Gasteiger partial charge in [-0.25, -0.2) is 13.8 Å². The van der Waals surface area contributed by atoms with E-state index in [-0.39, 0.29) is 29.9 Å². The van der Waals surface area contributed by atoms with Gasteiger partial charge >= 0.3 is 0 Å². The van der Waals surface area contributed by atoms with Crippen LogP contribution < -0.4 is 4.74 Å². The molecule has 2 aromatic carbocycles. The van der Waals surface area contributed by atoms with Gasteiger partial charge in [-0.15, -0.1) is 11.3 Å². The van der Waals surface area contributed by atoms with E-state index in [2.05, 4.69) is 11.7 Å². The highest BCUT2D eigenvalue weighted by atomic mass is 32.1. The molecule has 4 aromatic heterocycles. The van der Waals surface area contributed by atoms with Crippen molar-refractivity contribution in [2.45, 2.75) is 32.5 Å². The van der Waals surface area contributed by atoms with Crippen molar-refractivity contribution in [1.29, 1.82) is 0 Å². The molecule has 7 rings (SSSR count). The molecule has 0 spiro atoms. The van der Waals surface area contributed by atoms with Gasteiger partial charge in [0.25, 0.3) is 0 Å². The van der Waals surface area contributed by atoms with Gasteiger partial charge in [-0.3, -0.25) is 14.2 Å². The van der Waals surface area contributed by atoms with Crippen molar-refractivity contribution in [3.63, 3.8) is 0 Å². The van der Waals surface area contributed by atoms with Gasteiger partial charge in [0.1, 0.15) is 35.4 Å². The summed E-state index contributed by atoms with van der Waals surface area (Å²) in [4.78, 5) is 19.5. The van der Waals surface area contributed by atoms with E-state index in [4.69, 9.17) is 14.8 Å². The number of aliphatic hydroxyl groups is 1. The van der Waals surface area contributed by atoms with Crippen LogP contribution in [-0.2, 0) is 18.4 Å². The fourth-order valence-electron chi connectivity index (χ4n) is 6.11. The molecule has 1 N–H and O–H groups in total. The number of nitrogens with zero attached hydrogens (tertiary/aromatic N) is 6. The molecular weight excluding hydrogens is 610 g/mol. The van der Waals surface area contributed by atoms with E-state index in [9.17, 15) is 14.3 Å². The number of ether oxygens (including phenoxy) is 1. The summed E-state index contributed by atoms with van der Waals surface area (Å²) in [7, 11) is 1.86. The third kappa shape index (κ3) is 5.03. The molecule has 0 fully saturated rings. The highest BCUT2D eigenvalue weighted by Gasteiger charge is 2.31. The molecule has 9 nitrogen and oxygen atoms in total. The first-order chi connectivity index (χ1) is 22.1. The Morgan fingerprint density at radius 3 is 2.76 bits per heavy atom. The van der Waals surface area contributed by atoms with Crippen LogP contribution in [0.5, 0.6) is 5.75 Å². The van der Waals surface area contributed by atoms with E-state index < -0.39 is 17.7 Å². The third-order valence-corrected chi connectivity index (χ3v) is 9.14. The monoisotopic (exact) mass is 640 g/mol. The van der Waals surface area contributed by atoms with Crippen LogP contribution in [0.3, 0.4) is 0 Å². The second kappa shape index (κ2) is 11.5. The fourth-order valence-corrected chi connectivity index (χ4v) is 7.06. The van der Waals surface area contributed by atoms with Gasteiger partial charge in [0, 0.05) is 58.5 Å². The Morgan fingerprint density at radius 1 is 1.15 bits per heavy atom. The van der Waals surface area contributed by atoms with E-state index in [0.717, 1.165) is 39.7 Å². The number of benzene rings is 2. The Balaban J connectivity index is 1.51. The van der Waals surface area contributed by atoms with Crippen LogP contribution in [0.1, 0.15) is 25.6 Å². The maximum absolute atomic E-state index is 16.0. The number of aromatic nitrogens is 5. The first kappa shape index (κ1) is 29.8. The zero-order valence-electron chi connectivity index (χ0n) is 25.4. The molecule has 12 heteroatoms. The van der Waals surface area contributed by atoms with E-state index >= 15 is 4.39 Å². The SMILES string of the molecule is C=CC(=O)N1CCn2nc(-c3nc(-c4ccc5nn(C)cc5c4)c4ccsc4c3-c3c(F)cc(F)cc3OCC(C)O)cc2C1C. The number of fused-ring (bicyclic) bond motifs is 3. The van der Waals surface area contributed by atoms with Crippen LogP contribution in [0.2, 0.25) is 0 Å². The summed E-state index contributed by atoms with van der Waals surface area (Å²) in [5.74, 6) is -1.87. The van der Waals surface area contributed by atoms with Gasteiger partial charge in [0.2, 0.25) is 5.91 Å². The van der Waals surface area contributed by atoms with Gasteiger partial charge < -0.3 is 14.7 Å². The summed E-state index contributed by atoms with van der Waals surface area (Å²) >= 11 is 1.40. The molecule has 0 saturated heterocycles. The second-order valence-electron chi connectivity index (χ2n) is 11.4. The van der Waals surface area contributed by atoms with E-state index in [1.54, 1.807) is 9.58 Å². The van der Waals surface area contributed by atoms with E-state index in [1.807, 2.05) is 60.6 Å². The van der Waals surface area contributed by atoms with E-state index in [1.165, 1.54) is 24.3 Å². The van der Waals surface area contributed by atoms with E-state index in [0.29, 0.717) is 40.4 Å². The Labute approximate surface area is 267 Å². The summed E-state index contributed by atoms with van der Waals surface area (Å²) < 4.78 is 40.7. The maximum atomic E-state index is 16.0. The van der Waals surface area contributed by atoms with Crippen LogP contribution in [0.4, 0.5) is 8.78 Å². The standard InChI is InChI=1S/C34H30F2N6O3S/c1-5-29(44)41-9-10-42-27(19(41)3)15-26(39-42)33-31(30-24(36)13-22(35)14-28(30)45-17-18(2)43)34-23(8-11-46-34)32(37-33)20-6-7-25-21(12-20)16-40(4)38-25/h5-8,11-16,18-19,43H,1,9-10,17H2,2-4H3. The largest absolute Gasteiger partial charge is 0.490 e. The number of rotatable bonds is 7. The number of aryl methyl sites for hydroxylation is 1. The van der Waals surface area contributed by atoms with Crippen molar-refractivity contribution >= 4 is 38.2 Å². The second-order valence-corrected chi connectivity index (χ2v) is 12.3. The Morgan fingerprint density at radius 2 is 1.98 bits per heavy atom. The number of hydrogen-bond acceptors (Lipinski definition) is 7. The van der Waals surface area contributed by atoms with Crippen LogP contribution in [0.15, 0.2) is 66.7 Å². The molecule has 2 unspecified atom stereocenters. The van der Waals surface area contributed by atoms with Crippen LogP contribution in [-0.4, -0.2) is 59.7 Å². The van der Waals surface area contributed by atoms with Gasteiger partial charge in [-0.05, 0) is 49.6 Å². The van der Waals surface area contributed by atoms with Gasteiger partial charge in [0.05, 0.1) is 41.2 Å². The summed E-state index contributed by atoms with van der Waals surface area (Å²) in [6, 6.07) is 11.3. The molecule has 6 aromatic rings. The number of hydrogen-bond donors (Lipinski definition) is 1. The minimum atomic E-state index is -0.870. The lowest BCUT2D eigenvalue weighted by molar-refractivity contribution is -0.129. The van der Waals surface area contributed by atoms with Crippen LogP contribution in [0.25, 0.3) is 54.8 Å². The number of pyridine rings is 1. The molecule has 46 heavy (non-hydrogen) atoms. The highest BCUT2D eigenvalue weighted by molar-refractivity contribution is 7.18. The molecule has 1 aliphatic rings. The minimum Gasteiger partial charge on any atom is -0.490 e. The average molecular weight is 641 g/mol. The number of aliphatic hydroxyl groups excluding tert-OH is 1. The Bertz CT molecular complexity index is 2170. The lowest BCUT2D eigenvalue weighted by atomic mass is 9.96. The quantitative estimate of drug-likeness (QED) is 0.200. The highest BCUT2D eigenvalue weighted by Crippen LogP contribution is 2.47. The number of thiophene rings is 1. The molecule has 234 valence electrons. The molecule has 5 heterocycles. The maximum Gasteiger partial charge on any atom is 0.246 e. The summed E-state index contributed by atoms with van der Waals surface area (Å²) in [6.07, 6.45) is 2.36.